The molecule has 5 heteroatoms. The van der Waals surface area contributed by atoms with Crippen molar-refractivity contribution in [1.82, 2.24) is 10.1 Å². The molecule has 5 nitrogen and oxygen atoms in total. The summed E-state index contributed by atoms with van der Waals surface area (Å²) in [5.74, 6) is 1.34. The van der Waals surface area contributed by atoms with Crippen LogP contribution in [-0.4, -0.2) is 35.6 Å². The van der Waals surface area contributed by atoms with Crippen LogP contribution in [0, 0.1) is 19.8 Å². The summed E-state index contributed by atoms with van der Waals surface area (Å²) in [6.45, 7) is 5.96. The summed E-state index contributed by atoms with van der Waals surface area (Å²) >= 11 is 0. The fraction of sp³-hybridized carbons (Fsp3) is 0.692. The number of amides is 1. The van der Waals surface area contributed by atoms with Gasteiger partial charge in [-0.3, -0.25) is 4.79 Å². The van der Waals surface area contributed by atoms with Gasteiger partial charge in [-0.15, -0.1) is 0 Å². The third-order valence-corrected chi connectivity index (χ3v) is 3.72. The lowest BCUT2D eigenvalue weighted by atomic mass is 9.93. The molecule has 0 aromatic carbocycles. The molecule has 1 aromatic heterocycles. The smallest absolute Gasteiger partial charge is 0.259 e. The number of aromatic nitrogens is 1. The van der Waals surface area contributed by atoms with Crippen LogP contribution in [0.5, 0.6) is 0 Å². The van der Waals surface area contributed by atoms with Crippen molar-refractivity contribution < 1.29 is 9.32 Å². The Bertz CT molecular complexity index is 400. The van der Waals surface area contributed by atoms with E-state index in [0.29, 0.717) is 22.9 Å². The molecule has 0 aliphatic carbocycles. The van der Waals surface area contributed by atoms with Crippen molar-refractivity contribution >= 4 is 5.91 Å². The first-order chi connectivity index (χ1) is 8.63. The molecule has 0 spiro atoms. The molecule has 1 aromatic rings. The van der Waals surface area contributed by atoms with Crippen LogP contribution >= 0.6 is 0 Å². The molecule has 0 atom stereocenters. The highest BCUT2D eigenvalue weighted by atomic mass is 16.5. The van der Waals surface area contributed by atoms with Crippen LogP contribution in [0.3, 0.4) is 0 Å². The molecule has 2 rings (SSSR count). The molecule has 1 fully saturated rings. The maximum atomic E-state index is 12.4. The zero-order chi connectivity index (χ0) is 13.1. The summed E-state index contributed by atoms with van der Waals surface area (Å²) in [6.07, 6.45) is 3.16. The van der Waals surface area contributed by atoms with Gasteiger partial charge in [0.2, 0.25) is 0 Å². The van der Waals surface area contributed by atoms with Crippen LogP contribution in [0.25, 0.3) is 0 Å². The van der Waals surface area contributed by atoms with E-state index in [1.807, 2.05) is 11.8 Å². The predicted octanol–water partition coefficient (Wildman–Crippen LogP) is 1.49. The minimum Gasteiger partial charge on any atom is -0.361 e. The second-order valence-electron chi connectivity index (χ2n) is 5.01. The third kappa shape index (κ3) is 2.56. The Morgan fingerprint density at radius 2 is 2.11 bits per heavy atom. The summed E-state index contributed by atoms with van der Waals surface area (Å²) in [6, 6.07) is 0. The number of hydrogen-bond acceptors (Lipinski definition) is 4. The van der Waals surface area contributed by atoms with Gasteiger partial charge in [-0.05, 0) is 45.6 Å². The Balaban J connectivity index is 2.00. The van der Waals surface area contributed by atoms with Crippen molar-refractivity contribution in [2.45, 2.75) is 33.1 Å². The maximum absolute atomic E-state index is 12.4. The van der Waals surface area contributed by atoms with Gasteiger partial charge in [0.1, 0.15) is 11.3 Å². The van der Waals surface area contributed by atoms with Gasteiger partial charge in [0.05, 0.1) is 5.69 Å². The first-order valence-corrected chi connectivity index (χ1v) is 6.55. The highest BCUT2D eigenvalue weighted by Crippen LogP contribution is 2.23. The molecule has 100 valence electrons. The van der Waals surface area contributed by atoms with E-state index in [1.165, 1.54) is 0 Å². The van der Waals surface area contributed by atoms with Gasteiger partial charge in [-0.25, -0.2) is 0 Å². The average molecular weight is 251 g/mol. The lowest BCUT2D eigenvalue weighted by Crippen LogP contribution is -2.39. The molecule has 0 bridgehead atoms. The van der Waals surface area contributed by atoms with Gasteiger partial charge < -0.3 is 15.2 Å². The van der Waals surface area contributed by atoms with Gasteiger partial charge in [0, 0.05) is 13.1 Å². The normalized spacial score (nSPS) is 17.2. The highest BCUT2D eigenvalue weighted by Gasteiger charge is 2.27. The van der Waals surface area contributed by atoms with Crippen LogP contribution in [0.1, 0.15) is 41.1 Å². The molecule has 0 radical (unpaired) electrons. The zero-order valence-corrected chi connectivity index (χ0v) is 11.1. The summed E-state index contributed by atoms with van der Waals surface area (Å²) in [4.78, 5) is 14.3. The molecule has 2 N–H and O–H groups in total. The summed E-state index contributed by atoms with van der Waals surface area (Å²) in [5, 5.41) is 3.84. The van der Waals surface area contributed by atoms with E-state index in [0.717, 1.165) is 38.9 Å². The van der Waals surface area contributed by atoms with Crippen LogP contribution in [0.15, 0.2) is 4.52 Å². The second kappa shape index (κ2) is 5.52. The summed E-state index contributed by atoms with van der Waals surface area (Å²) < 4.78 is 5.05. The number of hydrogen-bond donors (Lipinski definition) is 1. The van der Waals surface area contributed by atoms with Gasteiger partial charge in [-0.1, -0.05) is 5.16 Å². The van der Waals surface area contributed by atoms with Gasteiger partial charge in [-0.2, -0.15) is 0 Å². The fourth-order valence-electron chi connectivity index (χ4n) is 2.61. The van der Waals surface area contributed by atoms with E-state index in [2.05, 4.69) is 5.16 Å². The number of carbonyl (C=O) groups is 1. The minimum absolute atomic E-state index is 0.0532. The van der Waals surface area contributed by atoms with Gasteiger partial charge in [0.15, 0.2) is 0 Å². The Morgan fingerprint density at radius 3 is 2.61 bits per heavy atom. The molecule has 1 aliphatic rings. The average Bonchev–Trinajstić information content (AvgIpc) is 2.70. The number of rotatable bonds is 3. The molecular weight excluding hydrogens is 230 g/mol. The topological polar surface area (TPSA) is 72.4 Å². The van der Waals surface area contributed by atoms with E-state index in [9.17, 15) is 4.79 Å². The Hall–Kier alpha value is -1.36. The summed E-state index contributed by atoms with van der Waals surface area (Å²) in [7, 11) is 0. The number of nitrogens with zero attached hydrogens (tertiary/aromatic N) is 2. The number of nitrogens with two attached hydrogens (primary N) is 1. The van der Waals surface area contributed by atoms with E-state index in [-0.39, 0.29) is 5.91 Å². The quantitative estimate of drug-likeness (QED) is 0.883. The van der Waals surface area contributed by atoms with Gasteiger partial charge in [0.25, 0.3) is 5.91 Å². The van der Waals surface area contributed by atoms with Crippen LogP contribution in [0.2, 0.25) is 0 Å². The van der Waals surface area contributed by atoms with Crippen molar-refractivity contribution in [1.29, 1.82) is 0 Å². The lowest BCUT2D eigenvalue weighted by molar-refractivity contribution is 0.0685. The zero-order valence-electron chi connectivity index (χ0n) is 11.1. The van der Waals surface area contributed by atoms with E-state index >= 15 is 0 Å². The standard InChI is InChI=1S/C13H21N3O2/c1-9-12(10(2)18-15-9)13(17)16-7-4-11(3-6-14)5-8-16/h11H,3-8,14H2,1-2H3. The maximum Gasteiger partial charge on any atom is 0.259 e. The minimum atomic E-state index is 0.0532. The number of likely N-dealkylation sites (tertiary alicyclic amines) is 1. The SMILES string of the molecule is Cc1noc(C)c1C(=O)N1CCC(CCN)CC1. The van der Waals surface area contributed by atoms with Gasteiger partial charge >= 0.3 is 0 Å². The van der Waals surface area contributed by atoms with Crippen molar-refractivity contribution in [2.75, 3.05) is 19.6 Å². The van der Waals surface area contributed by atoms with Crippen molar-refractivity contribution in [3.8, 4) is 0 Å². The van der Waals surface area contributed by atoms with Crippen LogP contribution in [-0.2, 0) is 0 Å². The molecular formula is C13H21N3O2. The fourth-order valence-corrected chi connectivity index (χ4v) is 2.61. The molecule has 1 amide bonds. The highest BCUT2D eigenvalue weighted by molar-refractivity contribution is 5.96. The molecule has 0 unspecified atom stereocenters. The molecule has 0 saturated carbocycles. The first-order valence-electron chi connectivity index (χ1n) is 6.55. The van der Waals surface area contributed by atoms with Crippen molar-refractivity contribution in [2.24, 2.45) is 11.7 Å². The van der Waals surface area contributed by atoms with E-state index in [1.54, 1.807) is 6.92 Å². The first kappa shape index (κ1) is 13.1. The number of piperidine rings is 1. The monoisotopic (exact) mass is 251 g/mol. The third-order valence-electron chi connectivity index (χ3n) is 3.72. The molecule has 2 heterocycles. The molecule has 1 aliphatic heterocycles. The van der Waals surface area contributed by atoms with Crippen LogP contribution < -0.4 is 5.73 Å². The van der Waals surface area contributed by atoms with Crippen molar-refractivity contribution in [3.05, 3.63) is 17.0 Å². The second-order valence-corrected chi connectivity index (χ2v) is 5.01. The van der Waals surface area contributed by atoms with E-state index in [4.69, 9.17) is 10.3 Å². The Kier molecular flexibility index (Phi) is 4.01. The van der Waals surface area contributed by atoms with E-state index < -0.39 is 0 Å². The Morgan fingerprint density at radius 1 is 1.44 bits per heavy atom. The molecule has 1 saturated heterocycles. The number of carbonyl (C=O) groups excluding carboxylic acids is 1. The van der Waals surface area contributed by atoms with Crippen LogP contribution in [0.4, 0.5) is 0 Å². The predicted molar refractivity (Wildman–Crippen MR) is 68.3 cm³/mol. The molecule has 18 heavy (non-hydrogen) atoms. The summed E-state index contributed by atoms with van der Waals surface area (Å²) in [5.41, 5.74) is 6.88. The largest absolute Gasteiger partial charge is 0.361 e. The van der Waals surface area contributed by atoms with Crippen molar-refractivity contribution in [3.63, 3.8) is 0 Å². The number of aryl methyl sites for hydroxylation is 2. The lowest BCUT2D eigenvalue weighted by Gasteiger charge is -2.31. The Labute approximate surface area is 107 Å².